The fourth-order valence-electron chi connectivity index (χ4n) is 4.91. The van der Waals surface area contributed by atoms with Gasteiger partial charge in [-0.1, -0.05) is 127 Å². The number of aryl methyl sites for hydroxylation is 1. The first-order valence-electron chi connectivity index (χ1n) is 13.6. The quantitative estimate of drug-likeness (QED) is 0.125. The molecule has 224 valence electrons. The Morgan fingerprint density at radius 3 is 0.977 bits per heavy atom. The van der Waals surface area contributed by atoms with E-state index in [-0.39, 0.29) is 0 Å². The van der Waals surface area contributed by atoms with E-state index in [2.05, 4.69) is 140 Å². The van der Waals surface area contributed by atoms with Crippen molar-refractivity contribution >= 4 is 62.1 Å². The van der Waals surface area contributed by atoms with Crippen molar-refractivity contribution in [3.05, 3.63) is 151 Å². The Labute approximate surface area is 278 Å². The molecule has 0 unspecified atom stereocenters. The average Bonchev–Trinajstić information content (AvgIpc) is 3.01. The van der Waals surface area contributed by atoms with Gasteiger partial charge in [0.15, 0.2) is 0 Å². The summed E-state index contributed by atoms with van der Waals surface area (Å²) in [5, 5.41) is 0. The van der Waals surface area contributed by atoms with Crippen molar-refractivity contribution in [1.82, 2.24) is 0 Å². The van der Waals surface area contributed by atoms with Crippen molar-refractivity contribution in [2.24, 2.45) is 0 Å². The molecule has 44 heavy (non-hydrogen) atoms. The predicted molar refractivity (Wildman–Crippen MR) is 196 cm³/mol. The molecular formula is C36H27Cl6OSb. The summed E-state index contributed by atoms with van der Waals surface area (Å²) in [4.78, 5) is 0. The molecule has 5 aromatic carbocycles. The second kappa shape index (κ2) is 12.9. The molecule has 6 aromatic rings. The van der Waals surface area contributed by atoms with Gasteiger partial charge in [0.1, 0.15) is 0 Å². The molecule has 0 amide bonds. The van der Waals surface area contributed by atoms with Gasteiger partial charge in [-0.15, -0.1) is 0 Å². The van der Waals surface area contributed by atoms with Crippen molar-refractivity contribution in [3.8, 4) is 56.0 Å². The third-order valence-corrected chi connectivity index (χ3v) is 6.70. The van der Waals surface area contributed by atoms with Crippen LogP contribution in [-0.4, -0.2) is 9.14 Å². The third kappa shape index (κ3) is 9.41. The molecule has 6 rings (SSSR count). The Hall–Kier alpha value is -2.19. The van der Waals surface area contributed by atoms with Crippen LogP contribution in [0.3, 0.4) is 0 Å². The first-order chi connectivity index (χ1) is 20.7. The summed E-state index contributed by atoms with van der Waals surface area (Å²) in [6, 6.07) is 50.9. The van der Waals surface area contributed by atoms with Gasteiger partial charge in [0.25, 0.3) is 0 Å². The maximum absolute atomic E-state index is 7.01. The van der Waals surface area contributed by atoms with Gasteiger partial charge in [0, 0.05) is 5.56 Å². The minimum atomic E-state index is -5.42. The van der Waals surface area contributed by atoms with Gasteiger partial charge in [-0.05, 0) is 47.9 Å². The Morgan fingerprint density at radius 2 is 0.636 bits per heavy atom. The number of rotatable bonds is 5. The molecule has 1 aromatic heterocycles. The van der Waals surface area contributed by atoms with E-state index in [1.54, 1.807) is 0 Å². The molecule has 0 atom stereocenters. The summed E-state index contributed by atoms with van der Waals surface area (Å²) < 4.78 is 7.01. The topological polar surface area (TPSA) is 11.3 Å². The van der Waals surface area contributed by atoms with Crippen LogP contribution in [0.15, 0.2) is 150 Å². The third-order valence-electron chi connectivity index (χ3n) is 6.70. The van der Waals surface area contributed by atoms with E-state index in [0.717, 1.165) is 50.5 Å². The Morgan fingerprint density at radius 1 is 0.364 bits per heavy atom. The van der Waals surface area contributed by atoms with Gasteiger partial charge < -0.3 is 0 Å². The zero-order valence-corrected chi connectivity index (χ0v) is 30.6. The molecule has 0 saturated carbocycles. The van der Waals surface area contributed by atoms with Gasteiger partial charge in [-0.2, -0.15) is 0 Å². The first-order valence-corrected chi connectivity index (χ1v) is 33.0. The molecule has 0 aliphatic carbocycles. The first kappa shape index (κ1) is 33.2. The van der Waals surface area contributed by atoms with E-state index < -0.39 is 9.14 Å². The molecular weight excluding hydrogens is 783 g/mol. The second-order valence-corrected chi connectivity index (χ2v) is 67.1. The molecule has 1 nitrogen and oxygen atoms in total. The average molecular weight is 810 g/mol. The molecule has 0 radical (unpaired) electrons. The Balaban J connectivity index is 0.000000493. The molecule has 0 aliphatic rings. The van der Waals surface area contributed by atoms with Crippen LogP contribution in [0, 0.1) is 6.92 Å². The molecule has 8 heteroatoms. The monoisotopic (exact) mass is 806 g/mol. The Kier molecular flexibility index (Phi) is 9.73. The standard InChI is InChI=1S/C36H27O.6ClH.Sb/c1-26-22-24-29(25-23-26)34-32(27-14-6-2-7-15-27)33(28-16-8-3-9-17-28)35(30-18-10-4-11-19-30)37-36(34)31-20-12-5-13-21-31;;;;;;;/h2-25H,1H3;6*1H;/q+1;;;;;;;+5/p-6. The van der Waals surface area contributed by atoms with Crippen LogP contribution in [0.25, 0.3) is 56.0 Å². The second-order valence-electron chi connectivity index (χ2n) is 10.2. The van der Waals surface area contributed by atoms with Crippen LogP contribution in [0.2, 0.25) is 0 Å². The normalized spacial score (nSPS) is 12.8. The van der Waals surface area contributed by atoms with Gasteiger partial charge in [0.2, 0.25) is 0 Å². The van der Waals surface area contributed by atoms with Crippen LogP contribution in [0.1, 0.15) is 5.56 Å². The minimum absolute atomic E-state index is 0.861. The van der Waals surface area contributed by atoms with Crippen LogP contribution in [0.5, 0.6) is 0 Å². The summed E-state index contributed by atoms with van der Waals surface area (Å²) in [6.07, 6.45) is 0. The van der Waals surface area contributed by atoms with E-state index in [1.807, 2.05) is 12.1 Å². The number of benzene rings is 5. The van der Waals surface area contributed by atoms with Crippen molar-refractivity contribution < 1.29 is 4.42 Å². The van der Waals surface area contributed by atoms with Crippen molar-refractivity contribution in [2.45, 2.75) is 6.92 Å². The van der Waals surface area contributed by atoms with E-state index in [4.69, 9.17) is 57.4 Å². The molecule has 0 fully saturated rings. The number of hydrogen-bond donors (Lipinski definition) is 0. The van der Waals surface area contributed by atoms with E-state index >= 15 is 0 Å². The predicted octanol–water partition coefficient (Wildman–Crippen LogP) is 14.0. The van der Waals surface area contributed by atoms with Gasteiger partial charge in [-0.25, -0.2) is 4.42 Å². The molecule has 0 N–H and O–H groups in total. The Bertz CT molecular complexity index is 1850. The molecule has 1 heterocycles. The summed E-state index contributed by atoms with van der Waals surface area (Å²) in [5.74, 6) is 1.72. The van der Waals surface area contributed by atoms with Gasteiger partial charge >= 0.3 is 73.6 Å². The van der Waals surface area contributed by atoms with Crippen LogP contribution < -0.4 is 0 Å². The van der Waals surface area contributed by atoms with E-state index in [1.165, 1.54) is 11.1 Å². The molecule has 0 saturated heterocycles. The maximum atomic E-state index is 7.01. The number of halogens is 6. The van der Waals surface area contributed by atoms with E-state index in [9.17, 15) is 0 Å². The molecule has 0 aliphatic heterocycles. The molecule has 0 spiro atoms. The van der Waals surface area contributed by atoms with Crippen molar-refractivity contribution in [2.75, 3.05) is 0 Å². The van der Waals surface area contributed by atoms with Crippen LogP contribution >= 0.6 is 53.0 Å². The van der Waals surface area contributed by atoms with Crippen LogP contribution in [0.4, 0.5) is 0 Å². The fraction of sp³-hybridized carbons (Fsp3) is 0.0278. The van der Waals surface area contributed by atoms with E-state index in [0.29, 0.717) is 0 Å². The summed E-state index contributed by atoms with van der Waals surface area (Å²) in [5.41, 5.74) is 10.1. The summed E-state index contributed by atoms with van der Waals surface area (Å²) >= 11 is 0. The summed E-state index contributed by atoms with van der Waals surface area (Å²) in [6.45, 7) is 2.12. The van der Waals surface area contributed by atoms with Crippen LogP contribution in [-0.2, 0) is 0 Å². The zero-order chi connectivity index (χ0) is 31.4. The fourth-order valence-corrected chi connectivity index (χ4v) is 4.91. The van der Waals surface area contributed by atoms with Gasteiger partial charge in [0.05, 0.1) is 22.3 Å². The van der Waals surface area contributed by atoms with Gasteiger partial charge in [-0.3, -0.25) is 0 Å². The zero-order valence-electron chi connectivity index (χ0n) is 23.5. The van der Waals surface area contributed by atoms with Crippen molar-refractivity contribution in [1.29, 1.82) is 0 Å². The van der Waals surface area contributed by atoms with Crippen molar-refractivity contribution in [3.63, 3.8) is 0 Å². The molecule has 0 bridgehead atoms. The summed E-state index contributed by atoms with van der Waals surface area (Å²) in [7, 11) is 25.0. The number of hydrogen-bond acceptors (Lipinski definition) is 0. The SMILES string of the molecule is Cc1ccc(-c2c(-c3ccccc3)[o+]c(-c3ccccc3)c(-c3ccccc3)c2-c2ccccc2)cc1.[Cl][Sb-]([Cl])([Cl])([Cl])([Cl])[Cl].